The van der Waals surface area contributed by atoms with E-state index in [9.17, 15) is 14.4 Å². The molecular weight excluding hydrogens is 322 g/mol. The van der Waals surface area contributed by atoms with Crippen LogP contribution in [-0.2, 0) is 11.2 Å². The number of carboxylic acid groups (broad SMARTS) is 1. The summed E-state index contributed by atoms with van der Waals surface area (Å²) in [7, 11) is 1.46. The van der Waals surface area contributed by atoms with Crippen LogP contribution in [0.1, 0.15) is 33.5 Å². The predicted octanol–water partition coefficient (Wildman–Crippen LogP) is 2.05. The number of carbonyl (C=O) groups is 3. The summed E-state index contributed by atoms with van der Waals surface area (Å²) in [5, 5.41) is 11.7. The third kappa shape index (κ3) is 4.63. The third-order valence-electron chi connectivity index (χ3n) is 3.59. The summed E-state index contributed by atoms with van der Waals surface area (Å²) in [6.07, 6.45) is 0.775. The van der Waals surface area contributed by atoms with Gasteiger partial charge in [-0.1, -0.05) is 31.2 Å². The lowest BCUT2D eigenvalue weighted by Crippen LogP contribution is -2.35. The zero-order chi connectivity index (χ0) is 18.4. The maximum Gasteiger partial charge on any atom is 0.354 e. The second-order valence-electron chi connectivity index (χ2n) is 5.43. The molecule has 2 aromatic rings. The van der Waals surface area contributed by atoms with Crippen molar-refractivity contribution in [3.63, 3.8) is 0 Å². The minimum absolute atomic E-state index is 0.0239. The SMILES string of the molecule is CCc1ccccc1NC(=O)CN(C)C(=O)c1cccc(C(=O)O)n1. The summed E-state index contributed by atoms with van der Waals surface area (Å²) >= 11 is 0. The van der Waals surface area contributed by atoms with Gasteiger partial charge in [0.25, 0.3) is 5.91 Å². The summed E-state index contributed by atoms with van der Waals surface area (Å²) in [6, 6.07) is 11.6. The van der Waals surface area contributed by atoms with Gasteiger partial charge >= 0.3 is 5.97 Å². The van der Waals surface area contributed by atoms with E-state index >= 15 is 0 Å². The molecule has 2 rings (SSSR count). The first-order chi connectivity index (χ1) is 11.9. The van der Waals surface area contributed by atoms with Crippen LogP contribution in [0.5, 0.6) is 0 Å². The maximum absolute atomic E-state index is 12.3. The monoisotopic (exact) mass is 341 g/mol. The van der Waals surface area contributed by atoms with E-state index in [2.05, 4.69) is 10.3 Å². The maximum atomic E-state index is 12.3. The highest BCUT2D eigenvalue weighted by Gasteiger charge is 2.18. The van der Waals surface area contributed by atoms with Crippen molar-refractivity contribution in [2.45, 2.75) is 13.3 Å². The van der Waals surface area contributed by atoms with Gasteiger partial charge in [0.1, 0.15) is 11.4 Å². The summed E-state index contributed by atoms with van der Waals surface area (Å²) in [5.74, 6) is -2.08. The van der Waals surface area contributed by atoms with Crippen LogP contribution in [0.15, 0.2) is 42.5 Å². The summed E-state index contributed by atoms with van der Waals surface area (Å²) < 4.78 is 0. The molecule has 0 bridgehead atoms. The second-order valence-corrected chi connectivity index (χ2v) is 5.43. The quantitative estimate of drug-likeness (QED) is 0.838. The van der Waals surface area contributed by atoms with Gasteiger partial charge in [-0.2, -0.15) is 0 Å². The van der Waals surface area contributed by atoms with Crippen molar-refractivity contribution in [2.75, 3.05) is 18.9 Å². The molecule has 1 aromatic heterocycles. The molecule has 0 aliphatic carbocycles. The Morgan fingerprint density at radius 1 is 1.08 bits per heavy atom. The molecule has 1 aromatic carbocycles. The van der Waals surface area contributed by atoms with Crippen LogP contribution >= 0.6 is 0 Å². The van der Waals surface area contributed by atoms with E-state index in [0.717, 1.165) is 12.0 Å². The van der Waals surface area contributed by atoms with Gasteiger partial charge in [-0.3, -0.25) is 9.59 Å². The average molecular weight is 341 g/mol. The number of aromatic nitrogens is 1. The topological polar surface area (TPSA) is 99.6 Å². The number of hydrogen-bond donors (Lipinski definition) is 2. The van der Waals surface area contributed by atoms with Crippen LogP contribution in [0.25, 0.3) is 0 Å². The molecule has 7 nitrogen and oxygen atoms in total. The van der Waals surface area contributed by atoms with Gasteiger partial charge in [0.2, 0.25) is 5.91 Å². The lowest BCUT2D eigenvalue weighted by atomic mass is 10.1. The summed E-state index contributed by atoms with van der Waals surface area (Å²) in [6.45, 7) is 1.82. The van der Waals surface area contributed by atoms with Crippen molar-refractivity contribution >= 4 is 23.5 Å². The van der Waals surface area contributed by atoms with Crippen molar-refractivity contribution in [3.8, 4) is 0 Å². The van der Waals surface area contributed by atoms with Gasteiger partial charge in [-0.25, -0.2) is 9.78 Å². The standard InChI is InChI=1S/C18H19N3O4/c1-3-12-7-4-5-8-13(12)20-16(22)11-21(2)17(23)14-9-6-10-15(19-14)18(24)25/h4-10H,3,11H2,1-2H3,(H,20,22)(H,24,25). The van der Waals surface area contributed by atoms with Crippen molar-refractivity contribution in [1.29, 1.82) is 0 Å². The molecule has 130 valence electrons. The van der Waals surface area contributed by atoms with E-state index in [1.54, 1.807) is 6.07 Å². The largest absolute Gasteiger partial charge is 0.477 e. The minimum Gasteiger partial charge on any atom is -0.477 e. The van der Waals surface area contributed by atoms with E-state index in [1.165, 1.54) is 30.1 Å². The molecule has 0 aliphatic heterocycles. The highest BCUT2D eigenvalue weighted by Crippen LogP contribution is 2.15. The fourth-order valence-electron chi connectivity index (χ4n) is 2.30. The van der Waals surface area contributed by atoms with Crippen molar-refractivity contribution in [2.24, 2.45) is 0 Å². The molecule has 1 heterocycles. The number of nitrogens with zero attached hydrogens (tertiary/aromatic N) is 2. The van der Waals surface area contributed by atoms with Crippen LogP contribution in [-0.4, -0.2) is 46.4 Å². The first-order valence-corrected chi connectivity index (χ1v) is 7.76. The van der Waals surface area contributed by atoms with Gasteiger partial charge in [0.05, 0.1) is 6.54 Å². The molecule has 0 fully saturated rings. The number of aromatic carboxylic acids is 1. The number of amides is 2. The van der Waals surface area contributed by atoms with Crippen LogP contribution in [0.2, 0.25) is 0 Å². The van der Waals surface area contributed by atoms with Crippen LogP contribution in [0.4, 0.5) is 5.69 Å². The lowest BCUT2D eigenvalue weighted by molar-refractivity contribution is -0.116. The molecule has 2 N–H and O–H groups in total. The second kappa shape index (κ2) is 8.05. The summed E-state index contributed by atoms with van der Waals surface area (Å²) in [5.41, 5.74) is 1.47. The van der Waals surface area contributed by atoms with Crippen molar-refractivity contribution in [1.82, 2.24) is 9.88 Å². The van der Waals surface area contributed by atoms with Gasteiger partial charge in [-0.15, -0.1) is 0 Å². The molecule has 0 saturated heterocycles. The van der Waals surface area contributed by atoms with Crippen LogP contribution in [0, 0.1) is 0 Å². The molecule has 0 atom stereocenters. The van der Waals surface area contributed by atoms with E-state index in [0.29, 0.717) is 5.69 Å². The lowest BCUT2D eigenvalue weighted by Gasteiger charge is -2.17. The number of hydrogen-bond acceptors (Lipinski definition) is 4. The first kappa shape index (κ1) is 18.1. The Bertz CT molecular complexity index is 804. The number of para-hydroxylation sites is 1. The van der Waals surface area contributed by atoms with Crippen LogP contribution < -0.4 is 5.32 Å². The number of aryl methyl sites for hydroxylation is 1. The Labute approximate surface area is 145 Å². The van der Waals surface area contributed by atoms with E-state index < -0.39 is 11.9 Å². The van der Waals surface area contributed by atoms with E-state index in [4.69, 9.17) is 5.11 Å². The average Bonchev–Trinajstić information content (AvgIpc) is 2.61. The number of rotatable bonds is 6. The molecule has 2 amide bonds. The minimum atomic E-state index is -1.22. The van der Waals surface area contributed by atoms with Gasteiger partial charge < -0.3 is 15.3 Å². The molecular formula is C18H19N3O4. The number of pyridine rings is 1. The number of benzene rings is 1. The Morgan fingerprint density at radius 2 is 1.76 bits per heavy atom. The molecule has 25 heavy (non-hydrogen) atoms. The van der Waals surface area contributed by atoms with Crippen LogP contribution in [0.3, 0.4) is 0 Å². The Morgan fingerprint density at radius 3 is 2.44 bits per heavy atom. The van der Waals surface area contributed by atoms with Gasteiger partial charge in [0.15, 0.2) is 0 Å². The molecule has 7 heteroatoms. The number of nitrogens with one attached hydrogen (secondary N) is 1. The van der Waals surface area contributed by atoms with Crippen molar-refractivity contribution in [3.05, 3.63) is 59.4 Å². The molecule has 0 radical (unpaired) electrons. The normalized spacial score (nSPS) is 10.2. The fourth-order valence-corrected chi connectivity index (χ4v) is 2.30. The van der Waals surface area contributed by atoms with Crippen molar-refractivity contribution < 1.29 is 19.5 Å². The Kier molecular flexibility index (Phi) is 5.84. The predicted molar refractivity (Wildman–Crippen MR) is 92.6 cm³/mol. The first-order valence-electron chi connectivity index (χ1n) is 7.76. The number of carbonyl (C=O) groups excluding carboxylic acids is 2. The molecule has 0 spiro atoms. The molecule has 0 saturated carbocycles. The number of likely N-dealkylation sites (N-methyl/N-ethyl adjacent to an activating group) is 1. The Balaban J connectivity index is 2.04. The zero-order valence-electron chi connectivity index (χ0n) is 14.0. The highest BCUT2D eigenvalue weighted by atomic mass is 16.4. The zero-order valence-corrected chi connectivity index (χ0v) is 14.0. The smallest absolute Gasteiger partial charge is 0.354 e. The Hall–Kier alpha value is -3.22. The highest BCUT2D eigenvalue weighted by molar-refractivity contribution is 5.99. The van der Waals surface area contributed by atoms with E-state index in [-0.39, 0.29) is 23.8 Å². The van der Waals surface area contributed by atoms with Gasteiger partial charge in [0, 0.05) is 12.7 Å². The number of anilines is 1. The van der Waals surface area contributed by atoms with Gasteiger partial charge in [-0.05, 0) is 30.2 Å². The number of carboxylic acids is 1. The molecule has 0 unspecified atom stereocenters. The third-order valence-corrected chi connectivity index (χ3v) is 3.59. The molecule has 0 aliphatic rings. The summed E-state index contributed by atoms with van der Waals surface area (Å²) in [4.78, 5) is 40.4. The fraction of sp³-hybridized carbons (Fsp3) is 0.222. The van der Waals surface area contributed by atoms with E-state index in [1.807, 2.05) is 25.1 Å².